The fourth-order valence-electron chi connectivity index (χ4n) is 5.10. The number of amides is 2. The molecule has 6 nitrogen and oxygen atoms in total. The van der Waals surface area contributed by atoms with Gasteiger partial charge in [0.2, 0.25) is 0 Å². The van der Waals surface area contributed by atoms with Crippen molar-refractivity contribution in [2.75, 3.05) is 29.2 Å². The van der Waals surface area contributed by atoms with Crippen molar-refractivity contribution >= 4 is 34.1 Å². The van der Waals surface area contributed by atoms with E-state index in [-0.39, 0.29) is 17.5 Å². The van der Waals surface area contributed by atoms with E-state index in [4.69, 9.17) is 10.7 Å². The number of pyridine rings is 1. The summed E-state index contributed by atoms with van der Waals surface area (Å²) in [6, 6.07) is 18.6. The van der Waals surface area contributed by atoms with E-state index in [1.54, 1.807) is 0 Å². The number of fused-ring (bicyclic) bond motifs is 1. The summed E-state index contributed by atoms with van der Waals surface area (Å²) in [6.07, 6.45) is 3.70. The molecule has 6 heteroatoms. The highest BCUT2D eigenvalue weighted by atomic mass is 16.2. The molecule has 4 rings (SSSR count). The first kappa shape index (κ1) is 23.9. The number of primary amides is 1. The number of anilines is 3. The zero-order valence-electron chi connectivity index (χ0n) is 21.0. The van der Waals surface area contributed by atoms with E-state index < -0.39 is 0 Å². The molecule has 0 unspecified atom stereocenters. The van der Waals surface area contributed by atoms with Gasteiger partial charge < -0.3 is 16.0 Å². The lowest BCUT2D eigenvalue weighted by Gasteiger charge is -2.38. The Morgan fingerprint density at radius 1 is 0.971 bits per heavy atom. The lowest BCUT2D eigenvalue weighted by molar-refractivity contribution is 0.248. The van der Waals surface area contributed by atoms with E-state index in [1.165, 1.54) is 0 Å². The van der Waals surface area contributed by atoms with Crippen molar-refractivity contribution in [3.63, 3.8) is 0 Å². The third-order valence-electron chi connectivity index (χ3n) is 6.80. The van der Waals surface area contributed by atoms with Crippen LogP contribution in [0.1, 0.15) is 52.0 Å². The lowest BCUT2D eigenvalue weighted by atomic mass is 9.84. The molecule has 0 saturated heterocycles. The van der Waals surface area contributed by atoms with Crippen molar-refractivity contribution in [2.45, 2.75) is 64.0 Å². The van der Waals surface area contributed by atoms with Crippen LogP contribution in [0.5, 0.6) is 0 Å². The Kier molecular flexibility index (Phi) is 6.69. The highest BCUT2D eigenvalue weighted by Crippen LogP contribution is 2.36. The summed E-state index contributed by atoms with van der Waals surface area (Å²) in [4.78, 5) is 21.4. The molecule has 1 aliphatic rings. The van der Waals surface area contributed by atoms with Crippen LogP contribution in [0.4, 0.5) is 22.0 Å². The van der Waals surface area contributed by atoms with Crippen LogP contribution < -0.4 is 20.9 Å². The molecular weight excluding hydrogens is 422 g/mol. The van der Waals surface area contributed by atoms with Gasteiger partial charge in [-0.2, -0.15) is 0 Å². The standard InChI is InChI=1S/C28H37N5O/c1-28(2,3)22-11-7-9-13-24(22)33(27(29)34)20-16-14-19(15-17-20)30-26-18-25(32(4)5)21-10-6-8-12-23(21)31-26/h6-13,18-20H,14-17H2,1-5H3,(H2,29,34)(H,30,31)/t19-,20+. The first-order valence-electron chi connectivity index (χ1n) is 12.2. The highest BCUT2D eigenvalue weighted by molar-refractivity contribution is 5.93. The molecule has 0 radical (unpaired) electrons. The summed E-state index contributed by atoms with van der Waals surface area (Å²) in [5.74, 6) is 0.899. The third-order valence-corrected chi connectivity index (χ3v) is 6.80. The maximum atomic E-state index is 12.6. The predicted molar refractivity (Wildman–Crippen MR) is 143 cm³/mol. The molecule has 2 amide bonds. The maximum Gasteiger partial charge on any atom is 0.319 e. The maximum absolute atomic E-state index is 12.6. The van der Waals surface area contributed by atoms with Crippen molar-refractivity contribution < 1.29 is 4.79 Å². The number of hydrogen-bond donors (Lipinski definition) is 2. The minimum atomic E-state index is -0.375. The smallest absolute Gasteiger partial charge is 0.319 e. The number of carbonyl (C=O) groups excluding carboxylic acids is 1. The molecule has 2 aromatic carbocycles. The number of hydrogen-bond acceptors (Lipinski definition) is 4. The van der Waals surface area contributed by atoms with Gasteiger partial charge in [0.15, 0.2) is 0 Å². The quantitative estimate of drug-likeness (QED) is 0.498. The molecule has 1 fully saturated rings. The number of nitrogens with zero attached hydrogens (tertiary/aromatic N) is 3. The summed E-state index contributed by atoms with van der Waals surface area (Å²) < 4.78 is 0. The minimum absolute atomic E-state index is 0.0745. The second kappa shape index (κ2) is 9.53. The number of benzene rings is 2. The molecule has 1 saturated carbocycles. The third kappa shape index (κ3) is 4.96. The molecule has 1 aliphatic carbocycles. The van der Waals surface area contributed by atoms with Gasteiger partial charge >= 0.3 is 6.03 Å². The zero-order valence-corrected chi connectivity index (χ0v) is 21.0. The molecule has 1 aromatic heterocycles. The Hall–Kier alpha value is -3.28. The molecule has 1 heterocycles. The molecule has 0 bridgehead atoms. The number of nitrogens with two attached hydrogens (primary N) is 1. The van der Waals surface area contributed by atoms with Crippen LogP contribution in [0.3, 0.4) is 0 Å². The predicted octanol–water partition coefficient (Wildman–Crippen LogP) is 5.91. The normalized spacial score (nSPS) is 18.5. The Morgan fingerprint density at radius 2 is 1.62 bits per heavy atom. The number of carbonyl (C=O) groups is 1. The van der Waals surface area contributed by atoms with E-state index in [1.807, 2.05) is 35.2 Å². The fourth-order valence-corrected chi connectivity index (χ4v) is 5.10. The van der Waals surface area contributed by atoms with Crippen molar-refractivity contribution in [1.29, 1.82) is 0 Å². The van der Waals surface area contributed by atoms with Crippen LogP contribution in [-0.2, 0) is 5.41 Å². The molecule has 0 atom stereocenters. The number of rotatable bonds is 5. The van der Waals surface area contributed by atoms with Gasteiger partial charge in [-0.3, -0.25) is 4.90 Å². The van der Waals surface area contributed by atoms with Gasteiger partial charge in [-0.05, 0) is 48.8 Å². The molecule has 3 N–H and O–H groups in total. The fraction of sp³-hybridized carbons (Fsp3) is 0.429. The van der Waals surface area contributed by atoms with Crippen molar-refractivity contribution in [3.8, 4) is 0 Å². The van der Waals surface area contributed by atoms with Crippen molar-refractivity contribution in [2.24, 2.45) is 5.73 Å². The molecule has 34 heavy (non-hydrogen) atoms. The first-order chi connectivity index (χ1) is 16.1. The van der Waals surface area contributed by atoms with Gasteiger partial charge in [0.1, 0.15) is 5.82 Å². The van der Waals surface area contributed by atoms with Gasteiger partial charge in [0, 0.05) is 49.0 Å². The van der Waals surface area contributed by atoms with Gasteiger partial charge in [-0.25, -0.2) is 9.78 Å². The number of aromatic nitrogens is 1. The summed E-state index contributed by atoms with van der Waals surface area (Å²) in [5, 5.41) is 4.81. The second-order valence-electron chi connectivity index (χ2n) is 10.6. The van der Waals surface area contributed by atoms with E-state index in [2.05, 4.69) is 69.3 Å². The second-order valence-corrected chi connectivity index (χ2v) is 10.6. The van der Waals surface area contributed by atoms with Crippen molar-refractivity contribution in [1.82, 2.24) is 4.98 Å². The molecule has 0 aliphatic heterocycles. The van der Waals surface area contributed by atoms with Gasteiger partial charge in [-0.15, -0.1) is 0 Å². The Morgan fingerprint density at radius 3 is 2.26 bits per heavy atom. The van der Waals surface area contributed by atoms with Gasteiger partial charge in [0.05, 0.1) is 5.52 Å². The Balaban J connectivity index is 1.51. The van der Waals surface area contributed by atoms with E-state index in [9.17, 15) is 4.79 Å². The topological polar surface area (TPSA) is 74.5 Å². The monoisotopic (exact) mass is 459 g/mol. The first-order valence-corrected chi connectivity index (χ1v) is 12.2. The summed E-state index contributed by atoms with van der Waals surface area (Å²) in [6.45, 7) is 6.51. The van der Waals surface area contributed by atoms with E-state index >= 15 is 0 Å². The van der Waals surface area contributed by atoms with E-state index in [0.717, 1.165) is 59.3 Å². The molecular formula is C28H37N5O. The lowest BCUT2D eigenvalue weighted by Crippen LogP contribution is -2.47. The molecule has 180 valence electrons. The van der Waals surface area contributed by atoms with Crippen LogP contribution in [0, 0.1) is 0 Å². The largest absolute Gasteiger partial charge is 0.377 e. The van der Waals surface area contributed by atoms with Gasteiger partial charge in [-0.1, -0.05) is 57.2 Å². The summed E-state index contributed by atoms with van der Waals surface area (Å²) >= 11 is 0. The van der Waals surface area contributed by atoms with E-state index in [0.29, 0.717) is 6.04 Å². The van der Waals surface area contributed by atoms with Crippen LogP contribution >= 0.6 is 0 Å². The molecule has 0 spiro atoms. The molecule has 3 aromatic rings. The van der Waals surface area contributed by atoms with Crippen molar-refractivity contribution in [3.05, 3.63) is 60.2 Å². The van der Waals surface area contributed by atoms with Gasteiger partial charge in [0.25, 0.3) is 0 Å². The minimum Gasteiger partial charge on any atom is -0.377 e. The Bertz CT molecular complexity index is 1160. The van der Waals surface area contributed by atoms with Crippen LogP contribution in [-0.4, -0.2) is 37.2 Å². The average Bonchev–Trinajstić information content (AvgIpc) is 2.79. The highest BCUT2D eigenvalue weighted by Gasteiger charge is 2.32. The Labute approximate surface area is 203 Å². The average molecular weight is 460 g/mol. The van der Waals surface area contributed by atoms with Crippen LogP contribution in [0.2, 0.25) is 0 Å². The number of nitrogens with one attached hydrogen (secondary N) is 1. The zero-order chi connectivity index (χ0) is 24.5. The van der Waals surface area contributed by atoms with Crippen LogP contribution in [0.25, 0.3) is 10.9 Å². The van der Waals surface area contributed by atoms with Crippen LogP contribution in [0.15, 0.2) is 54.6 Å². The number of para-hydroxylation sites is 2. The number of urea groups is 1. The summed E-state index contributed by atoms with van der Waals surface area (Å²) in [5.41, 5.74) is 10.1. The summed E-state index contributed by atoms with van der Waals surface area (Å²) in [7, 11) is 4.12. The SMILES string of the molecule is CN(C)c1cc(N[C@H]2CC[C@@H](N(C(N)=O)c3ccccc3C(C)(C)C)CC2)nc2ccccc12.